The fourth-order valence-electron chi connectivity index (χ4n) is 4.83. The minimum absolute atomic E-state index is 0.0389. The number of carbonyl (C=O) groups excluding carboxylic acids is 1. The van der Waals surface area contributed by atoms with Crippen molar-refractivity contribution in [3.63, 3.8) is 0 Å². The van der Waals surface area contributed by atoms with Gasteiger partial charge >= 0.3 is 6.18 Å². The lowest BCUT2D eigenvalue weighted by Crippen LogP contribution is -2.43. The van der Waals surface area contributed by atoms with Crippen molar-refractivity contribution in [1.82, 2.24) is 24.5 Å². The van der Waals surface area contributed by atoms with E-state index in [9.17, 15) is 18.0 Å². The number of nitrogens with one attached hydrogen (secondary N) is 1. The summed E-state index contributed by atoms with van der Waals surface area (Å²) in [6.07, 6.45) is 1.63. The number of aromatic nitrogens is 4. The Kier molecular flexibility index (Phi) is 5.45. The Morgan fingerprint density at radius 1 is 1.09 bits per heavy atom. The summed E-state index contributed by atoms with van der Waals surface area (Å²) >= 11 is 0. The van der Waals surface area contributed by atoms with Gasteiger partial charge < -0.3 is 10.2 Å². The van der Waals surface area contributed by atoms with Crippen molar-refractivity contribution < 1.29 is 18.0 Å². The zero-order valence-corrected chi connectivity index (χ0v) is 18.9. The number of anilines is 1. The zero-order chi connectivity index (χ0) is 24.0. The Morgan fingerprint density at radius 3 is 2.56 bits per heavy atom. The smallest absolute Gasteiger partial charge is 0.358 e. The predicted octanol–water partition coefficient (Wildman–Crippen LogP) is 4.42. The lowest BCUT2D eigenvalue weighted by molar-refractivity contribution is -0.140. The number of fused-ring (bicyclic) bond motifs is 2. The Bertz CT molecular complexity index is 1350. The van der Waals surface area contributed by atoms with E-state index < -0.39 is 11.9 Å². The number of hydrogen-bond acceptors (Lipinski definition) is 4. The normalized spacial score (nSPS) is 19.0. The Hall–Kier alpha value is -3.56. The highest BCUT2D eigenvalue weighted by atomic mass is 19.4. The molecule has 0 unspecified atom stereocenters. The molecule has 7 nitrogen and oxygen atoms in total. The number of rotatable bonds is 4. The highest BCUT2D eigenvalue weighted by Gasteiger charge is 2.34. The fourth-order valence-corrected chi connectivity index (χ4v) is 4.83. The van der Waals surface area contributed by atoms with E-state index in [1.54, 1.807) is 28.9 Å². The molecule has 10 heteroatoms. The first-order valence-electron chi connectivity index (χ1n) is 11.2. The number of pyridine rings is 1. The number of halogens is 3. The van der Waals surface area contributed by atoms with Crippen LogP contribution in [0.4, 0.5) is 19.0 Å². The second kappa shape index (κ2) is 8.34. The third-order valence-electron chi connectivity index (χ3n) is 6.60. The number of amides is 1. The second-order valence-electron chi connectivity index (χ2n) is 8.87. The average Bonchev–Trinajstić information content (AvgIpc) is 3.41. The quantitative estimate of drug-likeness (QED) is 0.480. The summed E-state index contributed by atoms with van der Waals surface area (Å²) in [4.78, 5) is 18.7. The predicted molar refractivity (Wildman–Crippen MR) is 123 cm³/mol. The van der Waals surface area contributed by atoms with Crippen molar-refractivity contribution in [3.05, 3.63) is 60.0 Å². The highest BCUT2D eigenvalue weighted by Crippen LogP contribution is 2.32. The molecule has 1 aliphatic carbocycles. The molecule has 0 radical (unpaired) electrons. The molecular formula is C24H25F3N6O. The third kappa shape index (κ3) is 4.08. The number of aryl methyl sites for hydroxylation is 1. The van der Waals surface area contributed by atoms with Crippen LogP contribution in [0, 0.1) is 0 Å². The Morgan fingerprint density at radius 2 is 1.82 bits per heavy atom. The summed E-state index contributed by atoms with van der Waals surface area (Å²) in [6, 6.07) is 10.8. The molecule has 5 rings (SSSR count). The van der Waals surface area contributed by atoms with Crippen LogP contribution in [0.15, 0.2) is 48.8 Å². The van der Waals surface area contributed by atoms with Crippen LogP contribution in [0.2, 0.25) is 0 Å². The van der Waals surface area contributed by atoms with Crippen LogP contribution in [0.1, 0.15) is 41.7 Å². The monoisotopic (exact) mass is 470 g/mol. The van der Waals surface area contributed by atoms with Gasteiger partial charge in [0.2, 0.25) is 0 Å². The first-order valence-corrected chi connectivity index (χ1v) is 11.2. The average molecular weight is 470 g/mol. The van der Waals surface area contributed by atoms with Crippen molar-refractivity contribution >= 4 is 28.3 Å². The molecule has 0 spiro atoms. The maximum atomic E-state index is 13.1. The van der Waals surface area contributed by atoms with E-state index in [-0.39, 0.29) is 23.6 Å². The summed E-state index contributed by atoms with van der Waals surface area (Å²) in [5.41, 5.74) is 0.608. The molecule has 3 heterocycles. The van der Waals surface area contributed by atoms with Crippen LogP contribution in [-0.4, -0.2) is 44.2 Å². The minimum Gasteiger partial charge on any atom is -0.358 e. The summed E-state index contributed by atoms with van der Waals surface area (Å²) in [7, 11) is 3.72. The molecule has 34 heavy (non-hydrogen) atoms. The van der Waals surface area contributed by atoms with Gasteiger partial charge in [0.15, 0.2) is 5.69 Å². The van der Waals surface area contributed by atoms with E-state index in [2.05, 4.69) is 15.4 Å². The maximum Gasteiger partial charge on any atom is 0.434 e. The number of hydrogen-bond donors (Lipinski definition) is 1. The van der Waals surface area contributed by atoms with E-state index in [1.165, 1.54) is 4.40 Å². The number of benzene rings is 1. The molecule has 1 saturated carbocycles. The van der Waals surface area contributed by atoms with Crippen molar-refractivity contribution in [2.75, 3.05) is 11.9 Å². The van der Waals surface area contributed by atoms with Crippen LogP contribution in [-0.2, 0) is 13.2 Å². The van der Waals surface area contributed by atoms with Gasteiger partial charge in [-0.05, 0) is 43.9 Å². The van der Waals surface area contributed by atoms with Crippen molar-refractivity contribution in [2.24, 2.45) is 7.05 Å². The SMILES string of the molecule is CN(c1cccc2nc(C(F)(F)F)cn12)C1CCC(NC(=O)c2cccc3cn(C)nc23)CC1. The van der Waals surface area contributed by atoms with E-state index in [0.717, 1.165) is 37.3 Å². The van der Waals surface area contributed by atoms with E-state index in [4.69, 9.17) is 0 Å². The third-order valence-corrected chi connectivity index (χ3v) is 6.60. The largest absolute Gasteiger partial charge is 0.434 e. The van der Waals surface area contributed by atoms with Crippen LogP contribution >= 0.6 is 0 Å². The molecule has 0 atom stereocenters. The topological polar surface area (TPSA) is 67.5 Å². The molecule has 1 fully saturated rings. The van der Waals surface area contributed by atoms with Gasteiger partial charge in [-0.25, -0.2) is 4.98 Å². The van der Waals surface area contributed by atoms with Crippen molar-refractivity contribution in [3.8, 4) is 0 Å². The number of alkyl halides is 3. The maximum absolute atomic E-state index is 13.1. The Labute approximate surface area is 194 Å². The Balaban J connectivity index is 1.26. The van der Waals surface area contributed by atoms with Crippen LogP contribution in [0.25, 0.3) is 16.6 Å². The number of nitrogens with zero attached hydrogens (tertiary/aromatic N) is 5. The fraction of sp³-hybridized carbons (Fsp3) is 0.375. The van der Waals surface area contributed by atoms with Gasteiger partial charge in [0.1, 0.15) is 17.0 Å². The lowest BCUT2D eigenvalue weighted by atomic mass is 9.90. The molecular weight excluding hydrogens is 445 g/mol. The van der Waals surface area contributed by atoms with Gasteiger partial charge in [-0.3, -0.25) is 13.9 Å². The molecule has 0 saturated heterocycles. The van der Waals surface area contributed by atoms with Gasteiger partial charge in [0, 0.05) is 44.0 Å². The first-order chi connectivity index (χ1) is 16.2. The van der Waals surface area contributed by atoms with Gasteiger partial charge in [0.25, 0.3) is 5.91 Å². The van der Waals surface area contributed by atoms with Crippen LogP contribution in [0.5, 0.6) is 0 Å². The van der Waals surface area contributed by atoms with Gasteiger partial charge in [0.05, 0.1) is 5.56 Å². The van der Waals surface area contributed by atoms with Crippen LogP contribution < -0.4 is 10.2 Å². The van der Waals surface area contributed by atoms with E-state index >= 15 is 0 Å². The molecule has 1 amide bonds. The zero-order valence-electron chi connectivity index (χ0n) is 18.9. The summed E-state index contributed by atoms with van der Waals surface area (Å²) in [5.74, 6) is 0.527. The van der Waals surface area contributed by atoms with E-state index in [0.29, 0.717) is 16.9 Å². The standard InChI is InChI=1S/C24H25F3N6O/c1-31-13-15-5-3-6-18(22(15)30-31)23(34)28-16-9-11-17(12-10-16)32(2)21-8-4-7-20-29-19(14-33(20)21)24(25,26)27/h3-8,13-14,16-17H,9-12H2,1-2H3,(H,28,34). The molecule has 1 aromatic carbocycles. The van der Waals surface area contributed by atoms with Crippen molar-refractivity contribution in [1.29, 1.82) is 0 Å². The van der Waals surface area contributed by atoms with Gasteiger partial charge in [-0.1, -0.05) is 18.2 Å². The molecule has 178 valence electrons. The second-order valence-corrected chi connectivity index (χ2v) is 8.87. The molecule has 4 aromatic rings. The molecule has 0 bridgehead atoms. The first kappa shape index (κ1) is 22.2. The summed E-state index contributed by atoms with van der Waals surface area (Å²) in [6.45, 7) is 0. The van der Waals surface area contributed by atoms with Crippen LogP contribution in [0.3, 0.4) is 0 Å². The number of imidazole rings is 1. The van der Waals surface area contributed by atoms with E-state index in [1.807, 2.05) is 37.3 Å². The summed E-state index contributed by atoms with van der Waals surface area (Å²) < 4.78 is 42.6. The minimum atomic E-state index is -4.49. The molecule has 1 N–H and O–H groups in total. The molecule has 3 aromatic heterocycles. The highest BCUT2D eigenvalue weighted by molar-refractivity contribution is 6.05. The van der Waals surface area contributed by atoms with Gasteiger partial charge in [-0.2, -0.15) is 18.3 Å². The van der Waals surface area contributed by atoms with Crippen molar-refractivity contribution in [2.45, 2.75) is 43.9 Å². The van der Waals surface area contributed by atoms with Gasteiger partial charge in [-0.15, -0.1) is 0 Å². The molecule has 0 aliphatic heterocycles. The summed E-state index contributed by atoms with van der Waals surface area (Å²) in [5, 5.41) is 8.47. The molecule has 1 aliphatic rings. The number of carbonyl (C=O) groups is 1. The lowest BCUT2D eigenvalue weighted by Gasteiger charge is -2.36.